The number of amides is 1. The predicted octanol–water partition coefficient (Wildman–Crippen LogP) is 4.44. The normalized spacial score (nSPS) is 13.7. The van der Waals surface area contributed by atoms with Crippen molar-refractivity contribution in [2.24, 2.45) is 0 Å². The fraction of sp³-hybridized carbons (Fsp3) is 0.310. The Bertz CT molecular complexity index is 1510. The minimum atomic E-state index is -4.44. The fourth-order valence-corrected chi connectivity index (χ4v) is 4.47. The quantitative estimate of drug-likeness (QED) is 0.344. The van der Waals surface area contributed by atoms with Crippen LogP contribution >= 0.6 is 0 Å². The summed E-state index contributed by atoms with van der Waals surface area (Å²) in [5.41, 5.74) is 1.07. The van der Waals surface area contributed by atoms with Crippen LogP contribution in [0.5, 0.6) is 0 Å². The highest BCUT2D eigenvalue weighted by atomic mass is 19.4. The number of benzene rings is 2. The molecular weight excluding hydrogens is 525 g/mol. The molecule has 1 aromatic heterocycles. The zero-order valence-electron chi connectivity index (χ0n) is 21.9. The first-order valence-electron chi connectivity index (χ1n) is 12.5. The van der Waals surface area contributed by atoms with Gasteiger partial charge < -0.3 is 15.0 Å². The largest absolute Gasteiger partial charge is 0.465 e. The molecule has 1 N–H and O–H groups in total. The Kier molecular flexibility index (Phi) is 8.28. The van der Waals surface area contributed by atoms with E-state index in [1.165, 1.54) is 48.1 Å². The summed E-state index contributed by atoms with van der Waals surface area (Å²) in [6, 6.07) is 10.4. The summed E-state index contributed by atoms with van der Waals surface area (Å²) in [7, 11) is 1.27. The third-order valence-electron chi connectivity index (χ3n) is 6.72. The van der Waals surface area contributed by atoms with E-state index in [9.17, 15) is 27.6 Å². The second-order valence-corrected chi connectivity index (χ2v) is 9.30. The van der Waals surface area contributed by atoms with E-state index in [0.717, 1.165) is 12.1 Å². The Hall–Kier alpha value is -4.59. The molecule has 1 aliphatic rings. The van der Waals surface area contributed by atoms with Crippen LogP contribution < -0.4 is 10.9 Å². The molecule has 40 heavy (non-hydrogen) atoms. The molecule has 0 aliphatic carbocycles. The van der Waals surface area contributed by atoms with Gasteiger partial charge in [-0.1, -0.05) is 12.1 Å². The van der Waals surface area contributed by atoms with Gasteiger partial charge in [0.1, 0.15) is 0 Å². The Morgan fingerprint density at radius 2 is 1.77 bits per heavy atom. The van der Waals surface area contributed by atoms with Crippen LogP contribution in [-0.4, -0.2) is 40.0 Å². The number of nitrogens with one attached hydrogen (secondary N) is 1. The molecule has 0 bridgehead atoms. The molecule has 1 amide bonds. The molecule has 1 atom stereocenters. The molecule has 0 saturated heterocycles. The molecule has 11 heteroatoms. The monoisotopic (exact) mass is 552 g/mol. The van der Waals surface area contributed by atoms with Crippen LogP contribution in [-0.2, 0) is 30.4 Å². The summed E-state index contributed by atoms with van der Waals surface area (Å²) < 4.78 is 44.9. The summed E-state index contributed by atoms with van der Waals surface area (Å²) in [5, 5.41) is 3.15. The van der Waals surface area contributed by atoms with Crippen molar-refractivity contribution in [2.75, 3.05) is 19.0 Å². The van der Waals surface area contributed by atoms with Crippen molar-refractivity contribution in [1.82, 2.24) is 14.5 Å². The molecule has 4 rings (SSSR count). The molecule has 3 aromatic rings. The van der Waals surface area contributed by atoms with Crippen LogP contribution in [0.25, 0.3) is 0 Å². The number of carbonyl (C=O) groups is 2. The Morgan fingerprint density at radius 3 is 2.38 bits per heavy atom. The number of ether oxygens (including phenoxy) is 1. The topological polar surface area (TPSA) is 93.5 Å². The SMILES string of the molecule is C#CCCn1c(N[C@@H](C)c2ccc(C(F)(F)F)cc2)nc2c(c1=O)CN(C(=O)c1ccc(C(=O)OC)cc1)CC2. The maximum Gasteiger partial charge on any atom is 0.416 e. The number of aromatic nitrogens is 2. The van der Waals surface area contributed by atoms with Gasteiger partial charge in [-0.25, -0.2) is 9.78 Å². The zero-order valence-corrected chi connectivity index (χ0v) is 21.9. The molecule has 2 aromatic carbocycles. The number of rotatable bonds is 7. The van der Waals surface area contributed by atoms with E-state index < -0.39 is 23.8 Å². The molecule has 0 radical (unpaired) electrons. The van der Waals surface area contributed by atoms with Crippen molar-refractivity contribution >= 4 is 17.8 Å². The second kappa shape index (κ2) is 11.7. The number of halogens is 3. The highest BCUT2D eigenvalue weighted by Gasteiger charge is 2.30. The summed E-state index contributed by atoms with van der Waals surface area (Å²) in [4.78, 5) is 44.6. The van der Waals surface area contributed by atoms with Gasteiger partial charge in [0, 0.05) is 31.5 Å². The van der Waals surface area contributed by atoms with E-state index in [-0.39, 0.29) is 36.9 Å². The minimum Gasteiger partial charge on any atom is -0.465 e. The van der Waals surface area contributed by atoms with Gasteiger partial charge in [0.2, 0.25) is 5.95 Å². The lowest BCUT2D eigenvalue weighted by atomic mass is 10.0. The maximum atomic E-state index is 13.6. The molecule has 1 aliphatic heterocycles. The molecular formula is C29H27F3N4O4. The summed E-state index contributed by atoms with van der Waals surface area (Å²) in [6.07, 6.45) is 1.58. The van der Waals surface area contributed by atoms with Gasteiger partial charge in [0.25, 0.3) is 11.5 Å². The molecule has 0 unspecified atom stereocenters. The van der Waals surface area contributed by atoms with Gasteiger partial charge in [-0.2, -0.15) is 13.2 Å². The van der Waals surface area contributed by atoms with Crippen LogP contribution in [0.15, 0.2) is 53.3 Å². The number of carbonyl (C=O) groups excluding carboxylic acids is 2. The fourth-order valence-electron chi connectivity index (χ4n) is 4.47. The number of fused-ring (bicyclic) bond motifs is 1. The van der Waals surface area contributed by atoms with Crippen LogP contribution in [0.4, 0.5) is 19.1 Å². The van der Waals surface area contributed by atoms with E-state index in [4.69, 9.17) is 6.42 Å². The van der Waals surface area contributed by atoms with E-state index in [1.54, 1.807) is 11.8 Å². The summed E-state index contributed by atoms with van der Waals surface area (Å²) >= 11 is 0. The van der Waals surface area contributed by atoms with E-state index in [0.29, 0.717) is 40.9 Å². The summed E-state index contributed by atoms with van der Waals surface area (Å²) in [5.74, 6) is 1.95. The van der Waals surface area contributed by atoms with Crippen LogP contribution in [0, 0.1) is 12.3 Å². The van der Waals surface area contributed by atoms with Gasteiger partial charge in [-0.3, -0.25) is 14.2 Å². The summed E-state index contributed by atoms with van der Waals surface area (Å²) in [6.45, 7) is 2.29. The smallest absolute Gasteiger partial charge is 0.416 e. The standard InChI is InChI=1S/C29H27F3N4O4/c1-4-5-15-36-26(38)23-17-35(25(37)20-6-8-21(9-7-20)27(39)40-3)16-14-24(23)34-28(36)33-18(2)19-10-12-22(13-11-19)29(30,31)32/h1,6-13,18H,5,14-17H2,2-3H3,(H,33,34)/t18-/m0/s1. The average Bonchev–Trinajstić information content (AvgIpc) is 2.95. The van der Waals surface area contributed by atoms with Crippen molar-refractivity contribution < 1.29 is 27.5 Å². The Balaban J connectivity index is 1.58. The Morgan fingerprint density at radius 1 is 1.12 bits per heavy atom. The zero-order chi connectivity index (χ0) is 29.0. The van der Waals surface area contributed by atoms with Crippen molar-refractivity contribution in [3.05, 3.63) is 92.4 Å². The van der Waals surface area contributed by atoms with Crippen molar-refractivity contribution in [2.45, 2.75) is 45.1 Å². The molecule has 0 saturated carbocycles. The van der Waals surface area contributed by atoms with Crippen molar-refractivity contribution in [1.29, 1.82) is 0 Å². The average molecular weight is 553 g/mol. The van der Waals surface area contributed by atoms with Crippen LogP contribution in [0.2, 0.25) is 0 Å². The number of hydrogen-bond donors (Lipinski definition) is 1. The van der Waals surface area contributed by atoms with Crippen LogP contribution in [0.3, 0.4) is 0 Å². The number of nitrogens with zero attached hydrogens (tertiary/aromatic N) is 3. The maximum absolute atomic E-state index is 13.6. The highest BCUT2D eigenvalue weighted by Crippen LogP contribution is 2.30. The van der Waals surface area contributed by atoms with Gasteiger partial charge in [-0.05, 0) is 48.9 Å². The number of esters is 1. The minimum absolute atomic E-state index is 0.0452. The van der Waals surface area contributed by atoms with Crippen molar-refractivity contribution in [3.8, 4) is 12.3 Å². The number of methoxy groups -OCH3 is 1. The first-order chi connectivity index (χ1) is 19.0. The number of terminal acetylenes is 1. The lowest BCUT2D eigenvalue weighted by molar-refractivity contribution is -0.137. The molecule has 0 spiro atoms. The van der Waals surface area contributed by atoms with Crippen LogP contribution in [0.1, 0.15) is 62.5 Å². The first-order valence-corrected chi connectivity index (χ1v) is 12.5. The van der Waals surface area contributed by atoms with Gasteiger partial charge in [0.05, 0.1) is 42.1 Å². The predicted molar refractivity (Wildman–Crippen MR) is 142 cm³/mol. The van der Waals surface area contributed by atoms with E-state index in [1.807, 2.05) is 0 Å². The van der Waals surface area contributed by atoms with Gasteiger partial charge in [0.15, 0.2) is 0 Å². The molecule has 0 fully saturated rings. The van der Waals surface area contributed by atoms with E-state index >= 15 is 0 Å². The first kappa shape index (κ1) is 28.4. The lowest BCUT2D eigenvalue weighted by Crippen LogP contribution is -2.41. The number of hydrogen-bond acceptors (Lipinski definition) is 6. The lowest BCUT2D eigenvalue weighted by Gasteiger charge is -2.29. The molecule has 208 valence electrons. The molecule has 2 heterocycles. The highest BCUT2D eigenvalue weighted by molar-refractivity contribution is 5.96. The second-order valence-electron chi connectivity index (χ2n) is 9.30. The van der Waals surface area contributed by atoms with Gasteiger partial charge in [-0.15, -0.1) is 12.3 Å². The third-order valence-corrected chi connectivity index (χ3v) is 6.72. The molecule has 8 nitrogen and oxygen atoms in total. The van der Waals surface area contributed by atoms with Crippen molar-refractivity contribution in [3.63, 3.8) is 0 Å². The Labute approximate surface area is 228 Å². The van der Waals surface area contributed by atoms with E-state index in [2.05, 4.69) is 21.0 Å². The third kappa shape index (κ3) is 6.01. The number of anilines is 1. The number of alkyl halides is 3. The van der Waals surface area contributed by atoms with Gasteiger partial charge >= 0.3 is 12.1 Å².